The van der Waals surface area contributed by atoms with Crippen molar-refractivity contribution in [1.29, 1.82) is 0 Å². The highest BCUT2D eigenvalue weighted by molar-refractivity contribution is 6.15. The van der Waals surface area contributed by atoms with Gasteiger partial charge in [-0.1, -0.05) is 0 Å². The summed E-state index contributed by atoms with van der Waals surface area (Å²) in [7, 11) is 0. The van der Waals surface area contributed by atoms with Crippen LogP contribution in [0.1, 0.15) is 41.5 Å². The molecular weight excluding hydrogens is 334 g/mol. The highest BCUT2D eigenvalue weighted by Crippen LogP contribution is 2.44. The zero-order valence-electron chi connectivity index (χ0n) is 14.7. The van der Waals surface area contributed by atoms with Gasteiger partial charge in [0.1, 0.15) is 6.17 Å². The van der Waals surface area contributed by atoms with Crippen LogP contribution in [-0.2, 0) is 14.3 Å². The fourth-order valence-corrected chi connectivity index (χ4v) is 3.37. The number of carbonyl (C=O) groups is 2. The molecule has 134 valence electrons. The van der Waals surface area contributed by atoms with Gasteiger partial charge < -0.3 is 20.7 Å². The van der Waals surface area contributed by atoms with Crippen molar-refractivity contribution >= 4 is 28.9 Å². The lowest BCUT2D eigenvalue weighted by Crippen LogP contribution is -2.23. The molecule has 2 aromatic rings. The predicted octanol–water partition coefficient (Wildman–Crippen LogP) is 2.23. The maximum absolute atomic E-state index is 12.2. The number of aromatic nitrogens is 2. The first-order valence-electron chi connectivity index (χ1n) is 8.47. The summed E-state index contributed by atoms with van der Waals surface area (Å²) in [6.07, 6.45) is -0.154. The van der Waals surface area contributed by atoms with Crippen LogP contribution < -0.4 is 16.0 Å². The van der Waals surface area contributed by atoms with Crippen LogP contribution in [0.25, 0.3) is 0 Å². The number of ether oxygens (including phenoxy) is 1. The summed E-state index contributed by atoms with van der Waals surface area (Å²) in [6.45, 7) is 5.76. The molecule has 2 atom stereocenters. The lowest BCUT2D eigenvalue weighted by atomic mass is 10.00. The van der Waals surface area contributed by atoms with Crippen LogP contribution in [0.2, 0.25) is 0 Å². The Morgan fingerprint density at radius 1 is 1.08 bits per heavy atom. The first-order chi connectivity index (χ1) is 12.5. The molecule has 1 amide bonds. The molecule has 2 unspecified atom stereocenters. The van der Waals surface area contributed by atoms with Gasteiger partial charge >= 0.3 is 5.97 Å². The van der Waals surface area contributed by atoms with Gasteiger partial charge in [0.2, 0.25) is 5.91 Å². The fourth-order valence-electron chi connectivity index (χ4n) is 3.37. The van der Waals surface area contributed by atoms with Crippen molar-refractivity contribution in [2.75, 3.05) is 22.6 Å². The summed E-state index contributed by atoms with van der Waals surface area (Å²) >= 11 is 0. The van der Waals surface area contributed by atoms with Crippen molar-refractivity contribution in [1.82, 2.24) is 10.2 Å². The standard InChI is InChI=1S/C18H19N5O3/c1-4-26-18(25)15-11-6-13-14(7-12(11)21-17(15)24)20-16(19-13)10-5-8(2)22-23-9(10)3/h5-7,15-16,19-20H,4H2,1-3H3,(H,21,24). The van der Waals surface area contributed by atoms with Crippen molar-refractivity contribution < 1.29 is 14.3 Å². The molecule has 1 aromatic carbocycles. The smallest absolute Gasteiger partial charge is 0.323 e. The molecule has 4 rings (SSSR count). The van der Waals surface area contributed by atoms with E-state index in [2.05, 4.69) is 26.1 Å². The number of hydrogen-bond donors (Lipinski definition) is 3. The van der Waals surface area contributed by atoms with Crippen LogP contribution in [0.4, 0.5) is 17.1 Å². The van der Waals surface area contributed by atoms with Crippen LogP contribution in [0, 0.1) is 13.8 Å². The largest absolute Gasteiger partial charge is 0.465 e. The van der Waals surface area contributed by atoms with Crippen LogP contribution >= 0.6 is 0 Å². The molecule has 0 spiro atoms. The first kappa shape index (κ1) is 16.3. The quantitative estimate of drug-likeness (QED) is 0.574. The Labute approximate surface area is 150 Å². The van der Waals surface area contributed by atoms with Gasteiger partial charge in [0, 0.05) is 16.8 Å². The van der Waals surface area contributed by atoms with Gasteiger partial charge in [0.25, 0.3) is 0 Å². The average Bonchev–Trinajstić information content (AvgIpc) is 3.14. The maximum Gasteiger partial charge on any atom is 0.323 e. The highest BCUT2D eigenvalue weighted by Gasteiger charge is 2.39. The Morgan fingerprint density at radius 2 is 1.81 bits per heavy atom. The van der Waals surface area contributed by atoms with Crippen LogP contribution in [0.15, 0.2) is 18.2 Å². The summed E-state index contributed by atoms with van der Waals surface area (Å²) in [5.74, 6) is -1.82. The van der Waals surface area contributed by atoms with Gasteiger partial charge in [-0.05, 0) is 39.0 Å². The topological polar surface area (TPSA) is 105 Å². The minimum Gasteiger partial charge on any atom is -0.465 e. The molecule has 8 nitrogen and oxygen atoms in total. The van der Waals surface area contributed by atoms with Crippen LogP contribution in [-0.4, -0.2) is 28.7 Å². The maximum atomic E-state index is 12.2. The normalized spacial score (nSPS) is 19.9. The van der Waals surface area contributed by atoms with Crippen molar-refractivity contribution in [3.05, 3.63) is 40.7 Å². The zero-order chi connectivity index (χ0) is 18.4. The second kappa shape index (κ2) is 5.98. The van der Waals surface area contributed by atoms with Gasteiger partial charge in [0.05, 0.1) is 29.4 Å². The summed E-state index contributed by atoms with van der Waals surface area (Å²) < 4.78 is 5.04. The molecule has 2 aliphatic heterocycles. The molecule has 26 heavy (non-hydrogen) atoms. The van der Waals surface area contributed by atoms with Gasteiger partial charge in [0.15, 0.2) is 5.92 Å². The second-order valence-electron chi connectivity index (χ2n) is 6.41. The van der Waals surface area contributed by atoms with Gasteiger partial charge in [-0.2, -0.15) is 10.2 Å². The van der Waals surface area contributed by atoms with Crippen molar-refractivity contribution in [2.45, 2.75) is 32.9 Å². The van der Waals surface area contributed by atoms with E-state index >= 15 is 0 Å². The van der Waals surface area contributed by atoms with E-state index in [4.69, 9.17) is 4.74 Å². The molecule has 0 bridgehead atoms. The summed E-state index contributed by atoms with van der Waals surface area (Å²) in [5.41, 5.74) is 5.60. The van der Waals surface area contributed by atoms with Crippen molar-refractivity contribution in [2.24, 2.45) is 0 Å². The molecule has 8 heteroatoms. The number of rotatable bonds is 3. The SMILES string of the molecule is CCOC(=O)C1C(=O)Nc2cc3c(cc21)NC(c1cc(C)nnc1C)N3. The number of fused-ring (bicyclic) bond motifs is 2. The average molecular weight is 353 g/mol. The van der Waals surface area contributed by atoms with Gasteiger partial charge in [-0.25, -0.2) is 0 Å². The molecule has 0 radical (unpaired) electrons. The highest BCUT2D eigenvalue weighted by atomic mass is 16.5. The third-order valence-electron chi connectivity index (χ3n) is 4.59. The molecular formula is C18H19N5O3. The summed E-state index contributed by atoms with van der Waals surface area (Å²) in [5, 5.41) is 17.8. The van der Waals surface area contributed by atoms with Gasteiger partial charge in [-0.3, -0.25) is 9.59 Å². The lowest BCUT2D eigenvalue weighted by molar-refractivity contribution is -0.147. The number of esters is 1. The van der Waals surface area contributed by atoms with Crippen molar-refractivity contribution in [3.8, 4) is 0 Å². The molecule has 3 N–H and O–H groups in total. The van der Waals surface area contributed by atoms with Gasteiger partial charge in [-0.15, -0.1) is 0 Å². The lowest BCUT2D eigenvalue weighted by Gasteiger charge is -2.14. The molecule has 0 fully saturated rings. The first-order valence-corrected chi connectivity index (χ1v) is 8.47. The van der Waals surface area contributed by atoms with E-state index in [1.54, 1.807) is 6.92 Å². The number of carbonyl (C=O) groups excluding carboxylic acids is 2. The van der Waals surface area contributed by atoms with Crippen molar-refractivity contribution in [3.63, 3.8) is 0 Å². The molecule has 0 saturated heterocycles. The van der Waals surface area contributed by atoms with E-state index in [9.17, 15) is 9.59 Å². The fraction of sp³-hybridized carbons (Fsp3) is 0.333. The Bertz CT molecular complexity index is 927. The Balaban J connectivity index is 1.66. The number of benzene rings is 1. The minimum absolute atomic E-state index is 0.154. The number of nitrogens with one attached hydrogen (secondary N) is 3. The summed E-state index contributed by atoms with van der Waals surface area (Å²) in [4.78, 5) is 24.3. The second-order valence-corrected chi connectivity index (χ2v) is 6.41. The van der Waals surface area contributed by atoms with E-state index in [1.807, 2.05) is 32.0 Å². The molecule has 1 aromatic heterocycles. The molecule has 2 aliphatic rings. The number of amides is 1. The summed E-state index contributed by atoms with van der Waals surface area (Å²) in [6, 6.07) is 5.65. The van der Waals surface area contributed by atoms with E-state index in [1.165, 1.54) is 0 Å². The third-order valence-corrected chi connectivity index (χ3v) is 4.59. The zero-order valence-corrected chi connectivity index (χ0v) is 14.7. The number of hydrogen-bond acceptors (Lipinski definition) is 7. The van der Waals surface area contributed by atoms with E-state index < -0.39 is 11.9 Å². The number of aryl methyl sites for hydroxylation is 2. The Kier molecular flexibility index (Phi) is 3.75. The Morgan fingerprint density at radius 3 is 2.54 bits per heavy atom. The Hall–Kier alpha value is -3.16. The third kappa shape index (κ3) is 2.54. The van der Waals surface area contributed by atoms with E-state index in [0.29, 0.717) is 11.3 Å². The van der Waals surface area contributed by atoms with Crippen LogP contribution in [0.3, 0.4) is 0 Å². The molecule has 0 saturated carbocycles. The monoisotopic (exact) mass is 353 g/mol. The van der Waals surface area contributed by atoms with E-state index in [-0.39, 0.29) is 18.7 Å². The predicted molar refractivity (Wildman–Crippen MR) is 95.9 cm³/mol. The molecule has 3 heterocycles. The van der Waals surface area contributed by atoms with E-state index in [0.717, 1.165) is 28.3 Å². The minimum atomic E-state index is -0.928. The van der Waals surface area contributed by atoms with Crippen LogP contribution in [0.5, 0.6) is 0 Å². The number of nitrogens with zero attached hydrogens (tertiary/aromatic N) is 2. The number of anilines is 3. The molecule has 0 aliphatic carbocycles.